The van der Waals surface area contributed by atoms with Crippen molar-refractivity contribution in [2.45, 2.75) is 25.0 Å². The second kappa shape index (κ2) is 7.31. The van der Waals surface area contributed by atoms with Gasteiger partial charge in [-0.3, -0.25) is 0 Å². The van der Waals surface area contributed by atoms with E-state index in [9.17, 15) is 0 Å². The van der Waals surface area contributed by atoms with Crippen molar-refractivity contribution >= 4 is 0 Å². The molecule has 0 bridgehead atoms. The molecular formula is C17H26N2O3. The lowest BCUT2D eigenvalue weighted by Crippen LogP contribution is -2.36. The maximum Gasteiger partial charge on any atom is 0.166 e. The highest BCUT2D eigenvalue weighted by atomic mass is 16.5. The number of piperidine rings is 1. The summed E-state index contributed by atoms with van der Waals surface area (Å²) in [5, 5.41) is 3.36. The van der Waals surface area contributed by atoms with Crippen molar-refractivity contribution in [3.05, 3.63) is 23.8 Å². The first-order valence-corrected chi connectivity index (χ1v) is 8.12. The SMILES string of the molecule is COc1c(OC2CCN(C)CC2)cccc1C1CNCCO1. The van der Waals surface area contributed by atoms with E-state index in [1.165, 1.54) is 0 Å². The van der Waals surface area contributed by atoms with E-state index in [-0.39, 0.29) is 12.2 Å². The molecule has 0 amide bonds. The molecule has 1 aromatic rings. The minimum absolute atomic E-state index is 0.0322. The summed E-state index contributed by atoms with van der Waals surface area (Å²) in [6, 6.07) is 6.09. The predicted octanol–water partition coefficient (Wildman–Crippen LogP) is 1.83. The van der Waals surface area contributed by atoms with E-state index in [1.54, 1.807) is 7.11 Å². The molecule has 5 nitrogen and oxygen atoms in total. The first kappa shape index (κ1) is 15.6. The Morgan fingerprint density at radius 1 is 1.27 bits per heavy atom. The summed E-state index contributed by atoms with van der Waals surface area (Å²) in [5.41, 5.74) is 1.07. The van der Waals surface area contributed by atoms with Crippen molar-refractivity contribution in [1.82, 2.24) is 10.2 Å². The van der Waals surface area contributed by atoms with Crippen LogP contribution in [0.1, 0.15) is 24.5 Å². The molecule has 2 fully saturated rings. The molecule has 2 heterocycles. The van der Waals surface area contributed by atoms with Gasteiger partial charge in [-0.05, 0) is 26.0 Å². The molecule has 0 saturated carbocycles. The molecule has 2 saturated heterocycles. The lowest BCUT2D eigenvalue weighted by atomic mass is 10.1. The average Bonchev–Trinajstić information content (AvgIpc) is 2.57. The highest BCUT2D eigenvalue weighted by molar-refractivity contribution is 5.48. The molecule has 22 heavy (non-hydrogen) atoms. The molecule has 1 unspecified atom stereocenters. The van der Waals surface area contributed by atoms with Gasteiger partial charge in [0.25, 0.3) is 0 Å². The number of likely N-dealkylation sites (tertiary alicyclic amines) is 1. The van der Waals surface area contributed by atoms with Crippen molar-refractivity contribution in [3.8, 4) is 11.5 Å². The molecule has 5 heteroatoms. The summed E-state index contributed by atoms with van der Waals surface area (Å²) >= 11 is 0. The van der Waals surface area contributed by atoms with Crippen molar-refractivity contribution in [1.29, 1.82) is 0 Å². The van der Waals surface area contributed by atoms with Gasteiger partial charge in [-0.1, -0.05) is 12.1 Å². The van der Waals surface area contributed by atoms with Crippen LogP contribution in [0.25, 0.3) is 0 Å². The van der Waals surface area contributed by atoms with E-state index in [0.717, 1.165) is 62.7 Å². The molecular weight excluding hydrogens is 280 g/mol. The van der Waals surface area contributed by atoms with Crippen LogP contribution in [-0.2, 0) is 4.74 Å². The molecule has 0 spiro atoms. The second-order valence-electron chi connectivity index (χ2n) is 6.06. The maximum atomic E-state index is 6.23. The van der Waals surface area contributed by atoms with E-state index >= 15 is 0 Å². The maximum absolute atomic E-state index is 6.23. The number of hydrogen-bond donors (Lipinski definition) is 1. The summed E-state index contributed by atoms with van der Waals surface area (Å²) < 4.78 is 17.7. The Kier molecular flexibility index (Phi) is 5.18. The van der Waals surface area contributed by atoms with Crippen LogP contribution < -0.4 is 14.8 Å². The van der Waals surface area contributed by atoms with E-state index in [2.05, 4.69) is 23.3 Å². The van der Waals surface area contributed by atoms with E-state index < -0.39 is 0 Å². The summed E-state index contributed by atoms with van der Waals surface area (Å²) in [4.78, 5) is 2.34. The van der Waals surface area contributed by atoms with Gasteiger partial charge in [-0.25, -0.2) is 0 Å². The highest BCUT2D eigenvalue weighted by Gasteiger charge is 2.24. The Bertz CT molecular complexity index is 481. The van der Waals surface area contributed by atoms with E-state index in [4.69, 9.17) is 14.2 Å². The van der Waals surface area contributed by atoms with Crippen molar-refractivity contribution < 1.29 is 14.2 Å². The topological polar surface area (TPSA) is 43.0 Å². The van der Waals surface area contributed by atoms with Gasteiger partial charge in [0.15, 0.2) is 11.5 Å². The standard InChI is InChI=1S/C17H26N2O3/c1-19-9-6-13(7-10-19)22-15-5-3-4-14(17(15)20-2)16-12-18-8-11-21-16/h3-5,13,16,18H,6-12H2,1-2H3. The van der Waals surface area contributed by atoms with Gasteiger partial charge in [0, 0.05) is 31.7 Å². The minimum atomic E-state index is 0.0322. The second-order valence-corrected chi connectivity index (χ2v) is 6.06. The fraction of sp³-hybridized carbons (Fsp3) is 0.647. The largest absolute Gasteiger partial charge is 0.492 e. The van der Waals surface area contributed by atoms with Gasteiger partial charge in [0.05, 0.1) is 19.8 Å². The fourth-order valence-corrected chi connectivity index (χ4v) is 3.15. The Hall–Kier alpha value is -1.30. The number of nitrogens with one attached hydrogen (secondary N) is 1. The number of para-hydroxylation sites is 1. The first-order chi connectivity index (χ1) is 10.8. The fourth-order valence-electron chi connectivity index (χ4n) is 3.15. The number of hydrogen-bond acceptors (Lipinski definition) is 5. The molecule has 1 aromatic carbocycles. The van der Waals surface area contributed by atoms with Gasteiger partial charge in [0.2, 0.25) is 0 Å². The lowest BCUT2D eigenvalue weighted by Gasteiger charge is -2.31. The van der Waals surface area contributed by atoms with Crippen LogP contribution in [0.4, 0.5) is 0 Å². The van der Waals surface area contributed by atoms with Crippen LogP contribution in [0.3, 0.4) is 0 Å². The van der Waals surface area contributed by atoms with Gasteiger partial charge >= 0.3 is 0 Å². The van der Waals surface area contributed by atoms with Crippen molar-refractivity contribution in [2.75, 3.05) is 46.9 Å². The molecule has 0 aromatic heterocycles. The molecule has 122 valence electrons. The Morgan fingerprint density at radius 2 is 2.09 bits per heavy atom. The third kappa shape index (κ3) is 3.54. The van der Waals surface area contributed by atoms with E-state index in [1.807, 2.05) is 12.1 Å². The molecule has 3 rings (SSSR count). The Balaban J connectivity index is 1.75. The van der Waals surface area contributed by atoms with Gasteiger partial charge in [0.1, 0.15) is 6.10 Å². The first-order valence-electron chi connectivity index (χ1n) is 8.12. The van der Waals surface area contributed by atoms with Gasteiger partial charge in [-0.15, -0.1) is 0 Å². The summed E-state index contributed by atoms with van der Waals surface area (Å²) in [5.74, 6) is 1.65. The molecule has 2 aliphatic rings. The van der Waals surface area contributed by atoms with Gasteiger partial charge in [-0.2, -0.15) is 0 Å². The van der Waals surface area contributed by atoms with E-state index in [0.29, 0.717) is 0 Å². The quantitative estimate of drug-likeness (QED) is 0.919. The molecule has 1 N–H and O–H groups in total. The van der Waals surface area contributed by atoms with Crippen LogP contribution in [0.2, 0.25) is 0 Å². The zero-order valence-corrected chi connectivity index (χ0v) is 13.5. The zero-order chi connectivity index (χ0) is 15.4. The smallest absolute Gasteiger partial charge is 0.166 e. The summed E-state index contributed by atoms with van der Waals surface area (Å²) in [7, 11) is 3.86. The summed E-state index contributed by atoms with van der Waals surface area (Å²) in [6.07, 6.45) is 2.42. The monoisotopic (exact) mass is 306 g/mol. The van der Waals surface area contributed by atoms with Gasteiger partial charge < -0.3 is 24.4 Å². The zero-order valence-electron chi connectivity index (χ0n) is 13.5. The number of rotatable bonds is 4. The molecule has 0 aliphatic carbocycles. The third-order valence-corrected chi connectivity index (χ3v) is 4.45. The third-order valence-electron chi connectivity index (χ3n) is 4.45. The van der Waals surface area contributed by atoms with Crippen LogP contribution >= 0.6 is 0 Å². The summed E-state index contributed by atoms with van der Waals surface area (Å²) in [6.45, 7) is 4.62. The van der Waals surface area contributed by atoms with Crippen LogP contribution in [0, 0.1) is 0 Å². The lowest BCUT2D eigenvalue weighted by molar-refractivity contribution is 0.0257. The minimum Gasteiger partial charge on any atom is -0.492 e. The van der Waals surface area contributed by atoms with Crippen molar-refractivity contribution in [3.63, 3.8) is 0 Å². The number of ether oxygens (including phenoxy) is 3. The molecule has 0 radical (unpaired) electrons. The van der Waals surface area contributed by atoms with Crippen LogP contribution in [0.5, 0.6) is 11.5 Å². The van der Waals surface area contributed by atoms with Crippen molar-refractivity contribution in [2.24, 2.45) is 0 Å². The number of benzene rings is 1. The Morgan fingerprint density at radius 3 is 2.77 bits per heavy atom. The van der Waals surface area contributed by atoms with Crippen LogP contribution in [0.15, 0.2) is 18.2 Å². The molecule has 2 aliphatic heterocycles. The average molecular weight is 306 g/mol. The number of morpholine rings is 1. The highest BCUT2D eigenvalue weighted by Crippen LogP contribution is 2.37. The number of nitrogens with zero attached hydrogens (tertiary/aromatic N) is 1. The Labute approximate surface area is 132 Å². The predicted molar refractivity (Wildman–Crippen MR) is 85.7 cm³/mol. The van der Waals surface area contributed by atoms with Crippen LogP contribution in [-0.4, -0.2) is 57.9 Å². The number of methoxy groups -OCH3 is 1. The molecule has 1 atom stereocenters. The normalized spacial score (nSPS) is 24.2.